The van der Waals surface area contributed by atoms with E-state index in [0.717, 1.165) is 31.7 Å². The summed E-state index contributed by atoms with van der Waals surface area (Å²) in [5.41, 5.74) is 4.42. The third-order valence-corrected chi connectivity index (χ3v) is 5.86. The molecule has 1 N–H and O–H groups in total. The number of amides is 1. The van der Waals surface area contributed by atoms with E-state index in [-0.39, 0.29) is 5.91 Å². The van der Waals surface area contributed by atoms with Gasteiger partial charge in [-0.25, -0.2) is 0 Å². The average molecular weight is 379 g/mol. The standard InChI is InChI=1S/C24H30N2O2/c27-24(25-16-20-12-15-28-18-20)23-10-8-22(9-11-23)21-6-4-19(5-7-21)17-26-13-2-1-3-14-26/h4-11,20H,1-3,12-18H2,(H,25,27)/t20-/m0/s1. The summed E-state index contributed by atoms with van der Waals surface area (Å²) in [5, 5.41) is 3.02. The first-order valence-corrected chi connectivity index (χ1v) is 10.6. The summed E-state index contributed by atoms with van der Waals surface area (Å²) in [6, 6.07) is 16.7. The van der Waals surface area contributed by atoms with Crippen LogP contribution in [0.2, 0.25) is 0 Å². The van der Waals surface area contributed by atoms with Gasteiger partial charge in [0.05, 0.1) is 6.61 Å². The van der Waals surface area contributed by atoms with Crippen LogP contribution >= 0.6 is 0 Å². The van der Waals surface area contributed by atoms with Crippen molar-refractivity contribution in [3.63, 3.8) is 0 Å². The van der Waals surface area contributed by atoms with E-state index in [1.807, 2.05) is 24.3 Å². The van der Waals surface area contributed by atoms with E-state index in [9.17, 15) is 4.79 Å². The van der Waals surface area contributed by atoms with Crippen LogP contribution in [0.3, 0.4) is 0 Å². The Morgan fingerprint density at radius 1 is 0.964 bits per heavy atom. The van der Waals surface area contributed by atoms with Gasteiger partial charge in [-0.1, -0.05) is 42.8 Å². The molecule has 2 aliphatic rings. The second-order valence-electron chi connectivity index (χ2n) is 8.05. The Hall–Kier alpha value is -2.17. The number of carbonyl (C=O) groups excluding carboxylic acids is 1. The maximum absolute atomic E-state index is 12.3. The van der Waals surface area contributed by atoms with Crippen LogP contribution in [-0.2, 0) is 11.3 Å². The van der Waals surface area contributed by atoms with Crippen molar-refractivity contribution in [3.05, 3.63) is 59.7 Å². The lowest BCUT2D eigenvalue weighted by Crippen LogP contribution is -2.29. The number of hydrogen-bond donors (Lipinski definition) is 1. The molecular formula is C24H30N2O2. The summed E-state index contributed by atoms with van der Waals surface area (Å²) in [4.78, 5) is 14.9. The van der Waals surface area contributed by atoms with E-state index in [1.165, 1.54) is 43.5 Å². The van der Waals surface area contributed by atoms with E-state index in [4.69, 9.17) is 4.74 Å². The summed E-state index contributed by atoms with van der Waals surface area (Å²) < 4.78 is 5.36. The lowest BCUT2D eigenvalue weighted by atomic mass is 10.0. The molecule has 2 aromatic rings. The minimum Gasteiger partial charge on any atom is -0.381 e. The summed E-state index contributed by atoms with van der Waals surface area (Å²) in [7, 11) is 0. The van der Waals surface area contributed by atoms with Crippen LogP contribution in [0.25, 0.3) is 11.1 Å². The maximum Gasteiger partial charge on any atom is 0.251 e. The van der Waals surface area contributed by atoms with E-state index in [0.29, 0.717) is 18.0 Å². The topological polar surface area (TPSA) is 41.6 Å². The number of ether oxygens (including phenoxy) is 1. The lowest BCUT2D eigenvalue weighted by Gasteiger charge is -2.26. The van der Waals surface area contributed by atoms with Crippen LogP contribution in [0.4, 0.5) is 0 Å². The van der Waals surface area contributed by atoms with Crippen molar-refractivity contribution in [3.8, 4) is 11.1 Å². The molecule has 2 heterocycles. The van der Waals surface area contributed by atoms with Crippen molar-refractivity contribution < 1.29 is 9.53 Å². The number of rotatable bonds is 6. The van der Waals surface area contributed by atoms with Gasteiger partial charge in [0.25, 0.3) is 5.91 Å². The van der Waals surface area contributed by atoms with Gasteiger partial charge < -0.3 is 10.1 Å². The molecule has 1 amide bonds. The second-order valence-corrected chi connectivity index (χ2v) is 8.05. The molecular weight excluding hydrogens is 348 g/mol. The fourth-order valence-corrected chi connectivity index (χ4v) is 4.08. The summed E-state index contributed by atoms with van der Waals surface area (Å²) in [6.07, 6.45) is 5.06. The van der Waals surface area contributed by atoms with Crippen molar-refractivity contribution in [2.75, 3.05) is 32.8 Å². The Labute approximate surface area is 167 Å². The monoisotopic (exact) mass is 378 g/mol. The predicted octanol–water partition coefficient (Wildman–Crippen LogP) is 4.11. The van der Waals surface area contributed by atoms with E-state index < -0.39 is 0 Å². The number of likely N-dealkylation sites (tertiary alicyclic amines) is 1. The Kier molecular flexibility index (Phi) is 6.40. The largest absolute Gasteiger partial charge is 0.381 e. The van der Waals surface area contributed by atoms with Gasteiger partial charge in [0.2, 0.25) is 0 Å². The molecule has 0 radical (unpaired) electrons. The first-order valence-electron chi connectivity index (χ1n) is 10.6. The summed E-state index contributed by atoms with van der Waals surface area (Å²) >= 11 is 0. The van der Waals surface area contributed by atoms with Crippen LogP contribution in [0.1, 0.15) is 41.6 Å². The molecule has 148 valence electrons. The van der Waals surface area contributed by atoms with E-state index in [1.54, 1.807) is 0 Å². The molecule has 2 aromatic carbocycles. The van der Waals surface area contributed by atoms with E-state index in [2.05, 4.69) is 34.5 Å². The maximum atomic E-state index is 12.3. The highest BCUT2D eigenvalue weighted by Gasteiger charge is 2.17. The first-order chi connectivity index (χ1) is 13.8. The molecule has 28 heavy (non-hydrogen) atoms. The quantitative estimate of drug-likeness (QED) is 0.823. The van der Waals surface area contributed by atoms with Crippen molar-refractivity contribution in [1.82, 2.24) is 10.2 Å². The molecule has 0 aliphatic carbocycles. The van der Waals surface area contributed by atoms with Crippen LogP contribution in [0, 0.1) is 5.92 Å². The minimum absolute atomic E-state index is 0.00432. The van der Waals surface area contributed by atoms with Crippen molar-refractivity contribution in [2.45, 2.75) is 32.2 Å². The molecule has 1 atom stereocenters. The molecule has 2 saturated heterocycles. The predicted molar refractivity (Wildman–Crippen MR) is 112 cm³/mol. The number of hydrogen-bond acceptors (Lipinski definition) is 3. The van der Waals surface area contributed by atoms with Crippen LogP contribution in [-0.4, -0.2) is 43.7 Å². The van der Waals surface area contributed by atoms with Gasteiger partial charge in [-0.3, -0.25) is 9.69 Å². The molecule has 0 bridgehead atoms. The van der Waals surface area contributed by atoms with Crippen LogP contribution < -0.4 is 5.32 Å². The lowest BCUT2D eigenvalue weighted by molar-refractivity contribution is 0.0945. The Morgan fingerprint density at radius 2 is 1.64 bits per heavy atom. The molecule has 4 heteroatoms. The van der Waals surface area contributed by atoms with Crippen molar-refractivity contribution in [2.24, 2.45) is 5.92 Å². The number of piperidine rings is 1. The van der Waals surface area contributed by atoms with E-state index >= 15 is 0 Å². The summed E-state index contributed by atoms with van der Waals surface area (Å²) in [5.74, 6) is 0.446. The Bertz CT molecular complexity index is 758. The van der Waals surface area contributed by atoms with Gasteiger partial charge in [-0.2, -0.15) is 0 Å². The number of benzene rings is 2. The molecule has 0 unspecified atom stereocenters. The fraction of sp³-hybridized carbons (Fsp3) is 0.458. The molecule has 2 aliphatic heterocycles. The number of nitrogens with one attached hydrogen (secondary N) is 1. The molecule has 0 aromatic heterocycles. The number of carbonyl (C=O) groups is 1. The van der Waals surface area contributed by atoms with Gasteiger partial charge >= 0.3 is 0 Å². The van der Waals surface area contributed by atoms with Crippen LogP contribution in [0.15, 0.2) is 48.5 Å². The van der Waals surface area contributed by atoms with Gasteiger partial charge in [0, 0.05) is 31.2 Å². The zero-order chi connectivity index (χ0) is 19.2. The SMILES string of the molecule is O=C(NC[C@@H]1CCOC1)c1ccc(-c2ccc(CN3CCCCC3)cc2)cc1. The minimum atomic E-state index is -0.00432. The van der Waals surface area contributed by atoms with Gasteiger partial charge in [0.15, 0.2) is 0 Å². The van der Waals surface area contributed by atoms with Gasteiger partial charge in [-0.15, -0.1) is 0 Å². The van der Waals surface area contributed by atoms with Gasteiger partial charge in [0.1, 0.15) is 0 Å². The number of nitrogens with zero attached hydrogens (tertiary/aromatic N) is 1. The molecule has 0 saturated carbocycles. The van der Waals surface area contributed by atoms with Crippen molar-refractivity contribution >= 4 is 5.91 Å². The molecule has 4 nitrogen and oxygen atoms in total. The molecule has 2 fully saturated rings. The highest BCUT2D eigenvalue weighted by Crippen LogP contribution is 2.22. The zero-order valence-corrected chi connectivity index (χ0v) is 16.5. The second kappa shape index (κ2) is 9.35. The first kappa shape index (κ1) is 19.2. The Morgan fingerprint density at radius 3 is 2.29 bits per heavy atom. The molecule has 4 rings (SSSR count). The normalized spacial score (nSPS) is 20.2. The summed E-state index contributed by atoms with van der Waals surface area (Å²) in [6.45, 7) is 5.75. The average Bonchev–Trinajstić information content (AvgIpc) is 3.27. The zero-order valence-electron chi connectivity index (χ0n) is 16.5. The highest BCUT2D eigenvalue weighted by atomic mass is 16.5. The third-order valence-electron chi connectivity index (χ3n) is 5.86. The third kappa shape index (κ3) is 5.00. The van der Waals surface area contributed by atoms with Crippen LogP contribution in [0.5, 0.6) is 0 Å². The Balaban J connectivity index is 1.33. The fourth-order valence-electron chi connectivity index (χ4n) is 4.08. The highest BCUT2D eigenvalue weighted by molar-refractivity contribution is 5.94. The molecule has 0 spiro atoms. The van der Waals surface area contributed by atoms with Gasteiger partial charge in [-0.05, 0) is 61.2 Å². The smallest absolute Gasteiger partial charge is 0.251 e. The van der Waals surface area contributed by atoms with Crippen molar-refractivity contribution in [1.29, 1.82) is 0 Å².